The van der Waals surface area contributed by atoms with Crippen molar-refractivity contribution in [1.82, 2.24) is 0 Å². The van der Waals surface area contributed by atoms with Gasteiger partial charge in [-0.05, 0) is 42.7 Å². The zero-order chi connectivity index (χ0) is 16.3. The zero-order valence-electron chi connectivity index (χ0n) is 12.9. The van der Waals surface area contributed by atoms with Crippen molar-refractivity contribution in [2.75, 3.05) is 5.32 Å². The summed E-state index contributed by atoms with van der Waals surface area (Å²) in [6.07, 6.45) is 1.53. The van der Waals surface area contributed by atoms with Crippen LogP contribution in [-0.4, -0.2) is 17.0 Å². The minimum Gasteiger partial charge on any atom is -0.478 e. The molecule has 22 heavy (non-hydrogen) atoms. The van der Waals surface area contributed by atoms with Gasteiger partial charge in [0.2, 0.25) is 0 Å². The fraction of sp³-hybridized carbons (Fsp3) is 0.294. The first-order chi connectivity index (χ1) is 10.5. The highest BCUT2D eigenvalue weighted by molar-refractivity contribution is 6.03. The van der Waals surface area contributed by atoms with Crippen molar-refractivity contribution in [2.45, 2.75) is 33.6 Å². The number of carboxylic acids is 1. The second-order valence-corrected chi connectivity index (χ2v) is 5.06. The normalized spacial score (nSPS) is 10.5. The van der Waals surface area contributed by atoms with Gasteiger partial charge in [-0.1, -0.05) is 19.9 Å². The molecule has 1 amide bonds. The van der Waals surface area contributed by atoms with E-state index in [4.69, 9.17) is 9.52 Å². The second kappa shape index (κ2) is 6.47. The summed E-state index contributed by atoms with van der Waals surface area (Å²) >= 11 is 0. The van der Waals surface area contributed by atoms with E-state index in [0.717, 1.165) is 29.7 Å². The Balaban J connectivity index is 2.27. The molecule has 0 unspecified atom stereocenters. The molecule has 1 aromatic carbocycles. The quantitative estimate of drug-likeness (QED) is 0.883. The predicted molar refractivity (Wildman–Crippen MR) is 83.6 cm³/mol. The maximum atomic E-state index is 12.3. The summed E-state index contributed by atoms with van der Waals surface area (Å²) in [6, 6.07) is 6.35. The Morgan fingerprint density at radius 3 is 2.45 bits per heavy atom. The van der Waals surface area contributed by atoms with Crippen LogP contribution in [0.25, 0.3) is 0 Å². The lowest BCUT2D eigenvalue weighted by Crippen LogP contribution is -2.12. The average molecular weight is 301 g/mol. The summed E-state index contributed by atoms with van der Waals surface area (Å²) < 4.78 is 5.58. The molecule has 0 aliphatic rings. The van der Waals surface area contributed by atoms with Crippen LogP contribution in [0.2, 0.25) is 0 Å². The number of anilines is 1. The van der Waals surface area contributed by atoms with Crippen LogP contribution in [0.15, 0.2) is 28.7 Å². The van der Waals surface area contributed by atoms with Crippen molar-refractivity contribution in [3.05, 3.63) is 52.5 Å². The molecule has 0 saturated carbocycles. The molecule has 0 saturated heterocycles. The summed E-state index contributed by atoms with van der Waals surface area (Å²) in [6.45, 7) is 5.78. The zero-order valence-corrected chi connectivity index (χ0v) is 12.9. The number of aromatic carboxylic acids is 1. The molecule has 0 fully saturated rings. The van der Waals surface area contributed by atoms with E-state index in [1.54, 1.807) is 19.1 Å². The van der Waals surface area contributed by atoms with Crippen molar-refractivity contribution in [1.29, 1.82) is 0 Å². The number of hydrogen-bond donors (Lipinski definition) is 2. The first kappa shape index (κ1) is 15.8. The molecule has 2 N–H and O–H groups in total. The second-order valence-electron chi connectivity index (χ2n) is 5.06. The molecule has 0 aliphatic carbocycles. The number of aryl methyl sites for hydroxylation is 3. The molecular weight excluding hydrogens is 282 g/mol. The van der Waals surface area contributed by atoms with E-state index in [2.05, 4.69) is 5.32 Å². The van der Waals surface area contributed by atoms with E-state index in [0.29, 0.717) is 5.69 Å². The van der Waals surface area contributed by atoms with Crippen molar-refractivity contribution in [2.24, 2.45) is 0 Å². The van der Waals surface area contributed by atoms with Gasteiger partial charge in [-0.25, -0.2) is 4.79 Å². The van der Waals surface area contributed by atoms with Crippen LogP contribution < -0.4 is 5.32 Å². The number of rotatable bonds is 5. The molecule has 0 radical (unpaired) electrons. The van der Waals surface area contributed by atoms with Crippen molar-refractivity contribution in [3.8, 4) is 0 Å². The molecule has 2 aromatic rings. The Hall–Kier alpha value is -2.56. The minimum absolute atomic E-state index is 0.129. The molecule has 1 aromatic heterocycles. The topological polar surface area (TPSA) is 79.5 Å². The van der Waals surface area contributed by atoms with Gasteiger partial charge in [-0.2, -0.15) is 0 Å². The largest absolute Gasteiger partial charge is 0.478 e. The van der Waals surface area contributed by atoms with Crippen LogP contribution in [0.4, 0.5) is 5.69 Å². The van der Waals surface area contributed by atoms with Gasteiger partial charge < -0.3 is 14.8 Å². The summed E-state index contributed by atoms with van der Waals surface area (Å²) in [5.74, 6) is -0.354. The molecule has 0 spiro atoms. The number of hydrogen-bond acceptors (Lipinski definition) is 3. The van der Waals surface area contributed by atoms with Gasteiger partial charge in [0, 0.05) is 12.1 Å². The van der Waals surface area contributed by atoms with Gasteiger partial charge in [0.25, 0.3) is 5.91 Å². The number of furan rings is 1. The lowest BCUT2D eigenvalue weighted by Gasteiger charge is -2.08. The number of nitrogens with one attached hydrogen (secondary N) is 1. The van der Waals surface area contributed by atoms with Gasteiger partial charge in [-0.3, -0.25) is 4.79 Å². The summed E-state index contributed by atoms with van der Waals surface area (Å²) in [7, 11) is 0. The van der Waals surface area contributed by atoms with Gasteiger partial charge in [-0.15, -0.1) is 0 Å². The summed E-state index contributed by atoms with van der Waals surface area (Å²) in [5.41, 5.74) is 2.40. The van der Waals surface area contributed by atoms with E-state index in [9.17, 15) is 9.59 Å². The Morgan fingerprint density at radius 1 is 1.18 bits per heavy atom. The SMILES string of the molecule is CCc1cc(C(=O)Nc2cc(C(=O)O)ccc2C)oc1CC. The van der Waals surface area contributed by atoms with Crippen molar-refractivity contribution < 1.29 is 19.1 Å². The molecule has 0 aliphatic heterocycles. The number of carboxylic acid groups (broad SMARTS) is 1. The molecule has 0 bridgehead atoms. The molecule has 2 rings (SSSR count). The number of amides is 1. The van der Waals surface area contributed by atoms with Crippen LogP contribution in [0, 0.1) is 6.92 Å². The van der Waals surface area contributed by atoms with Gasteiger partial charge in [0.05, 0.1) is 5.56 Å². The van der Waals surface area contributed by atoms with Crippen molar-refractivity contribution in [3.63, 3.8) is 0 Å². The third-order valence-corrected chi connectivity index (χ3v) is 3.56. The average Bonchev–Trinajstić information content (AvgIpc) is 2.92. The minimum atomic E-state index is -1.03. The van der Waals surface area contributed by atoms with Crippen LogP contribution in [0.1, 0.15) is 51.6 Å². The molecule has 0 atom stereocenters. The Morgan fingerprint density at radius 2 is 1.91 bits per heavy atom. The molecule has 116 valence electrons. The lowest BCUT2D eigenvalue weighted by molar-refractivity contribution is 0.0696. The van der Waals surface area contributed by atoms with E-state index in [1.807, 2.05) is 13.8 Å². The highest BCUT2D eigenvalue weighted by Crippen LogP contribution is 2.21. The lowest BCUT2D eigenvalue weighted by atomic mass is 10.1. The van der Waals surface area contributed by atoms with E-state index in [-0.39, 0.29) is 17.2 Å². The maximum absolute atomic E-state index is 12.3. The summed E-state index contributed by atoms with van der Waals surface area (Å²) in [4.78, 5) is 23.3. The van der Waals surface area contributed by atoms with Crippen molar-refractivity contribution >= 4 is 17.6 Å². The van der Waals surface area contributed by atoms with Crippen LogP contribution in [0.5, 0.6) is 0 Å². The van der Waals surface area contributed by atoms with Crippen LogP contribution >= 0.6 is 0 Å². The van der Waals surface area contributed by atoms with Gasteiger partial charge >= 0.3 is 5.97 Å². The monoisotopic (exact) mass is 301 g/mol. The maximum Gasteiger partial charge on any atom is 0.335 e. The first-order valence-electron chi connectivity index (χ1n) is 7.23. The molecule has 5 nitrogen and oxygen atoms in total. The fourth-order valence-electron chi connectivity index (χ4n) is 2.25. The Labute approximate surface area is 129 Å². The predicted octanol–water partition coefficient (Wildman–Crippen LogP) is 3.66. The summed E-state index contributed by atoms with van der Waals surface area (Å²) in [5, 5.41) is 11.7. The number of carbonyl (C=O) groups is 2. The third-order valence-electron chi connectivity index (χ3n) is 3.56. The number of benzene rings is 1. The van der Waals surface area contributed by atoms with Crippen LogP contribution in [-0.2, 0) is 12.8 Å². The standard InChI is InChI=1S/C17H19NO4/c1-4-11-9-15(22-14(11)5-2)16(19)18-13-8-12(17(20)21)7-6-10(13)3/h6-9H,4-5H2,1-3H3,(H,18,19)(H,20,21). The van der Waals surface area contributed by atoms with Crippen LogP contribution in [0.3, 0.4) is 0 Å². The smallest absolute Gasteiger partial charge is 0.335 e. The first-order valence-corrected chi connectivity index (χ1v) is 7.23. The molecular formula is C17H19NO4. The third kappa shape index (κ3) is 3.19. The highest BCUT2D eigenvalue weighted by Gasteiger charge is 2.16. The van der Waals surface area contributed by atoms with E-state index < -0.39 is 5.97 Å². The molecule has 1 heterocycles. The Kier molecular flexibility index (Phi) is 4.65. The van der Waals surface area contributed by atoms with E-state index >= 15 is 0 Å². The molecule has 5 heteroatoms. The van der Waals surface area contributed by atoms with E-state index in [1.165, 1.54) is 12.1 Å². The fourth-order valence-corrected chi connectivity index (χ4v) is 2.25. The number of carbonyl (C=O) groups excluding carboxylic acids is 1. The Bertz CT molecular complexity index is 694. The van der Waals surface area contributed by atoms with Gasteiger partial charge in [0.1, 0.15) is 5.76 Å². The van der Waals surface area contributed by atoms with Gasteiger partial charge in [0.15, 0.2) is 5.76 Å². The highest BCUT2D eigenvalue weighted by atomic mass is 16.4.